The molecule has 1 unspecified atom stereocenters. The maximum atomic E-state index is 11.9. The third-order valence-electron chi connectivity index (χ3n) is 5.92. The number of rotatable bonds is 5. The molecule has 8 nitrogen and oxygen atoms in total. The highest BCUT2D eigenvalue weighted by molar-refractivity contribution is 5.87. The van der Waals surface area contributed by atoms with Crippen molar-refractivity contribution in [1.82, 2.24) is 9.97 Å². The van der Waals surface area contributed by atoms with Crippen LogP contribution < -0.4 is 15.5 Å². The number of nitrogens with zero attached hydrogens (tertiary/aromatic N) is 4. The molecule has 3 rings (SSSR count). The molecule has 1 aromatic heterocycles. The summed E-state index contributed by atoms with van der Waals surface area (Å²) >= 11 is 0. The van der Waals surface area contributed by atoms with E-state index in [2.05, 4.69) is 67.1 Å². The third-order valence-corrected chi connectivity index (χ3v) is 5.92. The number of aryl methyl sites for hydroxylation is 2. The minimum atomic E-state index is -0.470. The molecule has 1 atom stereocenters. The molecule has 8 heteroatoms. The van der Waals surface area contributed by atoms with E-state index >= 15 is 0 Å². The molecule has 0 aliphatic rings. The number of hydrogen-bond donors (Lipinski definition) is 1. The highest BCUT2D eigenvalue weighted by Gasteiger charge is 2.20. The summed E-state index contributed by atoms with van der Waals surface area (Å²) in [7, 11) is 3.69. The average Bonchev–Trinajstić information content (AvgIpc) is 2.93. The van der Waals surface area contributed by atoms with Gasteiger partial charge in [0.25, 0.3) is 0 Å². The first-order valence-corrected chi connectivity index (χ1v) is 14.1. The van der Waals surface area contributed by atoms with Crippen LogP contribution in [0, 0.1) is 13.8 Å². The Morgan fingerprint density at radius 2 is 1.46 bits per heavy atom. The second kappa shape index (κ2) is 18.4. The lowest BCUT2D eigenvalue weighted by atomic mass is 9.98. The van der Waals surface area contributed by atoms with Crippen LogP contribution in [0.3, 0.4) is 0 Å². The number of nitrogens with two attached hydrogens (primary N) is 1. The maximum absolute atomic E-state index is 11.9. The fraction of sp³-hybridized carbons (Fsp3) is 0.455. The van der Waals surface area contributed by atoms with Gasteiger partial charge in [-0.3, -0.25) is 4.90 Å². The SMILES string of the molecule is CC.CC=O.CCC(C)c1ccc(N(C)C(=O)OC(C)(C)C)cc1.Cc1ccc(N(C)c2c(C)ncnc2N)cc1. The Labute approximate surface area is 248 Å². The van der Waals surface area contributed by atoms with E-state index in [0.717, 1.165) is 35.5 Å². The van der Waals surface area contributed by atoms with Crippen molar-refractivity contribution in [1.29, 1.82) is 0 Å². The van der Waals surface area contributed by atoms with Gasteiger partial charge in [-0.25, -0.2) is 14.8 Å². The molecule has 2 N–H and O–H groups in total. The van der Waals surface area contributed by atoms with Gasteiger partial charge in [0.1, 0.15) is 23.9 Å². The lowest BCUT2D eigenvalue weighted by Crippen LogP contribution is -2.34. The summed E-state index contributed by atoms with van der Waals surface area (Å²) in [4.78, 5) is 32.5. The van der Waals surface area contributed by atoms with Crippen molar-refractivity contribution in [2.24, 2.45) is 0 Å². The van der Waals surface area contributed by atoms with Crippen molar-refractivity contribution in [2.45, 2.75) is 87.2 Å². The van der Waals surface area contributed by atoms with Crippen molar-refractivity contribution >= 4 is 35.3 Å². The predicted octanol–water partition coefficient (Wildman–Crippen LogP) is 8.25. The lowest BCUT2D eigenvalue weighted by Gasteiger charge is -2.25. The van der Waals surface area contributed by atoms with Crippen LogP contribution in [-0.4, -0.2) is 42.0 Å². The molecule has 0 spiro atoms. The van der Waals surface area contributed by atoms with Crippen molar-refractivity contribution in [3.05, 3.63) is 71.7 Å². The smallest absolute Gasteiger partial charge is 0.414 e. The second-order valence-electron chi connectivity index (χ2n) is 10.3. The number of benzene rings is 2. The highest BCUT2D eigenvalue weighted by atomic mass is 16.6. The molecule has 0 aliphatic heterocycles. The van der Waals surface area contributed by atoms with E-state index in [1.807, 2.05) is 65.6 Å². The van der Waals surface area contributed by atoms with E-state index in [4.69, 9.17) is 15.3 Å². The molecular formula is C33H51N5O3. The van der Waals surface area contributed by atoms with Gasteiger partial charge in [-0.05, 0) is 83.7 Å². The zero-order valence-corrected chi connectivity index (χ0v) is 27.1. The Hall–Kier alpha value is -3.94. The van der Waals surface area contributed by atoms with Crippen LogP contribution in [0.5, 0.6) is 0 Å². The summed E-state index contributed by atoms with van der Waals surface area (Å²) in [6.07, 6.45) is 3.02. The van der Waals surface area contributed by atoms with Crippen LogP contribution in [0.15, 0.2) is 54.9 Å². The van der Waals surface area contributed by atoms with Gasteiger partial charge in [-0.15, -0.1) is 0 Å². The first-order chi connectivity index (χ1) is 19.2. The average molecular weight is 566 g/mol. The number of amides is 1. The van der Waals surface area contributed by atoms with E-state index in [1.165, 1.54) is 29.3 Å². The van der Waals surface area contributed by atoms with Crippen LogP contribution in [0.4, 0.5) is 27.7 Å². The molecule has 0 fully saturated rings. The molecule has 226 valence electrons. The number of anilines is 4. The summed E-state index contributed by atoms with van der Waals surface area (Å²) in [6.45, 7) is 19.4. The number of ether oxygens (including phenoxy) is 1. The minimum Gasteiger partial charge on any atom is -0.443 e. The predicted molar refractivity (Wildman–Crippen MR) is 173 cm³/mol. The standard InChI is InChI=1S/C16H25NO2.C13H16N4.C2H4O.C2H6/c1-7-12(2)13-8-10-14(11-9-13)17(6)15(18)19-16(3,4)5;1-9-4-6-11(7-5-9)17(3)12-10(2)15-8-16-13(12)14;1-2-3;1-2/h8-12H,7H2,1-6H3;4-8H,1-3H3,(H2,14,15,16);2H,1H3;1-2H3. The molecule has 41 heavy (non-hydrogen) atoms. The topological polar surface area (TPSA) is 102 Å². The largest absolute Gasteiger partial charge is 0.443 e. The van der Waals surface area contributed by atoms with Crippen LogP contribution in [0.1, 0.15) is 84.5 Å². The Kier molecular flexibility index (Phi) is 16.6. The number of hydrogen-bond acceptors (Lipinski definition) is 7. The molecule has 0 bridgehead atoms. The Morgan fingerprint density at radius 1 is 0.976 bits per heavy atom. The third kappa shape index (κ3) is 12.8. The maximum Gasteiger partial charge on any atom is 0.414 e. The molecule has 1 heterocycles. The number of aldehydes is 1. The Bertz CT molecular complexity index is 1150. The fourth-order valence-corrected chi connectivity index (χ4v) is 3.50. The van der Waals surface area contributed by atoms with E-state index in [9.17, 15) is 4.79 Å². The van der Waals surface area contributed by atoms with Gasteiger partial charge >= 0.3 is 6.09 Å². The normalized spacial score (nSPS) is 10.7. The number of nitrogen functional groups attached to an aromatic ring is 1. The van der Waals surface area contributed by atoms with Gasteiger partial charge < -0.3 is 20.2 Å². The van der Waals surface area contributed by atoms with Crippen molar-refractivity contribution < 1.29 is 14.3 Å². The molecular weight excluding hydrogens is 514 g/mol. The highest BCUT2D eigenvalue weighted by Crippen LogP contribution is 2.29. The zero-order valence-electron chi connectivity index (χ0n) is 27.1. The second-order valence-corrected chi connectivity index (χ2v) is 10.3. The first kappa shape index (κ1) is 37.1. The number of carbonyl (C=O) groups is 2. The van der Waals surface area contributed by atoms with Crippen molar-refractivity contribution in [2.75, 3.05) is 29.6 Å². The lowest BCUT2D eigenvalue weighted by molar-refractivity contribution is -0.106. The van der Waals surface area contributed by atoms with E-state index in [1.54, 1.807) is 7.05 Å². The van der Waals surface area contributed by atoms with E-state index in [0.29, 0.717) is 11.7 Å². The Morgan fingerprint density at radius 3 is 1.90 bits per heavy atom. The summed E-state index contributed by atoms with van der Waals surface area (Å²) in [5.41, 5.74) is 11.6. The molecule has 0 radical (unpaired) electrons. The van der Waals surface area contributed by atoms with E-state index < -0.39 is 5.60 Å². The summed E-state index contributed by atoms with van der Waals surface area (Å²) < 4.78 is 5.34. The molecule has 1 amide bonds. The summed E-state index contributed by atoms with van der Waals surface area (Å²) in [6, 6.07) is 16.3. The van der Waals surface area contributed by atoms with Crippen LogP contribution >= 0.6 is 0 Å². The van der Waals surface area contributed by atoms with Crippen LogP contribution in [0.25, 0.3) is 0 Å². The molecule has 3 aromatic rings. The summed E-state index contributed by atoms with van der Waals surface area (Å²) in [5, 5.41) is 0. The molecule has 0 saturated carbocycles. The monoisotopic (exact) mass is 565 g/mol. The molecule has 0 saturated heterocycles. The van der Waals surface area contributed by atoms with Crippen molar-refractivity contribution in [3.63, 3.8) is 0 Å². The molecule has 0 aliphatic carbocycles. The van der Waals surface area contributed by atoms with Crippen LogP contribution in [0.2, 0.25) is 0 Å². The fourth-order valence-electron chi connectivity index (χ4n) is 3.50. The van der Waals surface area contributed by atoms with Gasteiger partial charge in [0.05, 0.1) is 5.69 Å². The van der Waals surface area contributed by atoms with Crippen molar-refractivity contribution in [3.8, 4) is 0 Å². The van der Waals surface area contributed by atoms with Gasteiger partial charge in [-0.2, -0.15) is 0 Å². The van der Waals surface area contributed by atoms with Gasteiger partial charge in [0, 0.05) is 25.5 Å². The first-order valence-electron chi connectivity index (χ1n) is 14.1. The van der Waals surface area contributed by atoms with E-state index in [-0.39, 0.29) is 6.09 Å². The number of carbonyl (C=O) groups excluding carboxylic acids is 2. The van der Waals surface area contributed by atoms with Crippen LogP contribution in [-0.2, 0) is 9.53 Å². The zero-order chi connectivity index (χ0) is 31.8. The number of aromatic nitrogens is 2. The quantitative estimate of drug-likeness (QED) is 0.311. The molecule has 2 aromatic carbocycles. The summed E-state index contributed by atoms with van der Waals surface area (Å²) in [5.74, 6) is 1.04. The van der Waals surface area contributed by atoms with Gasteiger partial charge in [0.15, 0.2) is 5.82 Å². The van der Waals surface area contributed by atoms with Gasteiger partial charge in [0.2, 0.25) is 0 Å². The van der Waals surface area contributed by atoms with Gasteiger partial charge in [-0.1, -0.05) is 57.5 Å². The Balaban J connectivity index is 0.000000677. The minimum absolute atomic E-state index is 0.330.